The first-order chi connectivity index (χ1) is 16.6. The number of oxazole rings is 1. The molecule has 34 heavy (non-hydrogen) atoms. The van der Waals surface area contributed by atoms with E-state index in [0.29, 0.717) is 51.8 Å². The number of nitrogens with zero attached hydrogens (tertiary/aromatic N) is 3. The number of esters is 1. The predicted octanol–water partition coefficient (Wildman–Crippen LogP) is 4.86. The number of aryl methyl sites for hydroxylation is 1. The third-order valence-corrected chi connectivity index (χ3v) is 6.43. The summed E-state index contributed by atoms with van der Waals surface area (Å²) in [5.74, 6) is 0.491. The minimum Gasteiger partial charge on any atom is -0.465 e. The van der Waals surface area contributed by atoms with Gasteiger partial charge in [-0.1, -0.05) is 54.2 Å². The number of aromatic nitrogens is 3. The molecule has 3 aromatic carbocycles. The summed E-state index contributed by atoms with van der Waals surface area (Å²) in [6.07, 6.45) is 0.685. The number of benzene rings is 3. The third-order valence-electron chi connectivity index (χ3n) is 5.47. The van der Waals surface area contributed by atoms with Gasteiger partial charge in [-0.3, -0.25) is 9.36 Å². The van der Waals surface area contributed by atoms with E-state index < -0.39 is 5.97 Å². The van der Waals surface area contributed by atoms with Gasteiger partial charge in [-0.15, -0.1) is 0 Å². The van der Waals surface area contributed by atoms with Gasteiger partial charge in [0.05, 0.1) is 29.3 Å². The van der Waals surface area contributed by atoms with Crippen molar-refractivity contribution in [1.29, 1.82) is 0 Å². The molecule has 0 fully saturated rings. The first-order valence-corrected chi connectivity index (χ1v) is 11.7. The van der Waals surface area contributed by atoms with Gasteiger partial charge < -0.3 is 9.15 Å². The molecule has 0 bridgehead atoms. The Balaban J connectivity index is 1.52. The first-order valence-electron chi connectivity index (χ1n) is 10.8. The van der Waals surface area contributed by atoms with Gasteiger partial charge in [0.2, 0.25) is 5.89 Å². The Hall–Kier alpha value is -3.91. The molecule has 5 rings (SSSR count). The lowest BCUT2D eigenvalue weighted by Gasteiger charge is -2.13. The maximum absolute atomic E-state index is 13.4. The van der Waals surface area contributed by atoms with E-state index in [4.69, 9.17) is 14.1 Å². The zero-order chi connectivity index (χ0) is 23.5. The van der Waals surface area contributed by atoms with Gasteiger partial charge in [-0.05, 0) is 42.3 Å². The average Bonchev–Trinajstić information content (AvgIpc) is 3.30. The van der Waals surface area contributed by atoms with Crippen LogP contribution in [0.4, 0.5) is 0 Å². The van der Waals surface area contributed by atoms with Gasteiger partial charge in [-0.2, -0.15) is 0 Å². The topological polar surface area (TPSA) is 87.2 Å². The lowest BCUT2D eigenvalue weighted by Crippen LogP contribution is -2.24. The molecule has 0 aliphatic rings. The van der Waals surface area contributed by atoms with Crippen LogP contribution < -0.4 is 5.56 Å². The number of fused-ring (bicyclic) bond motifs is 2. The Kier molecular flexibility index (Phi) is 6.14. The van der Waals surface area contributed by atoms with Gasteiger partial charge in [0, 0.05) is 6.54 Å². The molecule has 0 unspecified atom stereocenters. The lowest BCUT2D eigenvalue weighted by molar-refractivity contribution is 0.0601. The van der Waals surface area contributed by atoms with Crippen molar-refractivity contribution >= 4 is 39.7 Å². The van der Waals surface area contributed by atoms with Crippen molar-refractivity contribution in [2.45, 2.75) is 23.9 Å². The number of ether oxygens (including phenoxy) is 1. The van der Waals surface area contributed by atoms with Gasteiger partial charge in [0.15, 0.2) is 10.7 Å². The van der Waals surface area contributed by atoms with E-state index in [1.165, 1.54) is 18.9 Å². The van der Waals surface area contributed by atoms with Crippen LogP contribution in [0.15, 0.2) is 87.2 Å². The SMILES string of the molecule is COC(=O)c1ccc2c(=O)n(CCc3ccccc3)c(SCc3nc4ccccc4o3)nc2c1. The number of methoxy groups -OCH3 is 1. The van der Waals surface area contributed by atoms with E-state index in [9.17, 15) is 9.59 Å². The van der Waals surface area contributed by atoms with Crippen LogP contribution in [-0.4, -0.2) is 27.6 Å². The highest BCUT2D eigenvalue weighted by atomic mass is 32.2. The van der Waals surface area contributed by atoms with Crippen LogP contribution in [-0.2, 0) is 23.5 Å². The summed E-state index contributed by atoms with van der Waals surface area (Å²) in [5.41, 5.74) is 3.27. The largest absolute Gasteiger partial charge is 0.465 e. The quantitative estimate of drug-likeness (QED) is 0.190. The fourth-order valence-electron chi connectivity index (χ4n) is 3.75. The number of hydrogen-bond donors (Lipinski definition) is 0. The predicted molar refractivity (Wildman–Crippen MR) is 131 cm³/mol. The maximum Gasteiger partial charge on any atom is 0.337 e. The summed E-state index contributed by atoms with van der Waals surface area (Å²) < 4.78 is 12.3. The molecule has 0 radical (unpaired) electrons. The smallest absolute Gasteiger partial charge is 0.337 e. The summed E-state index contributed by atoms with van der Waals surface area (Å²) in [5, 5.41) is 0.990. The summed E-state index contributed by atoms with van der Waals surface area (Å²) in [7, 11) is 1.32. The van der Waals surface area contributed by atoms with Gasteiger partial charge in [-0.25, -0.2) is 14.8 Å². The molecule has 2 aromatic heterocycles. The standard InChI is InChI=1S/C26H21N3O4S/c1-32-25(31)18-11-12-19-21(15-18)28-26(29(24(19)30)14-13-17-7-3-2-4-8-17)34-16-23-27-20-9-5-6-10-22(20)33-23/h2-12,15H,13-14,16H2,1H3. The van der Waals surface area contributed by atoms with Crippen LogP contribution in [0.5, 0.6) is 0 Å². The minimum atomic E-state index is -0.474. The normalized spacial score (nSPS) is 11.2. The van der Waals surface area contributed by atoms with Crippen molar-refractivity contribution in [3.8, 4) is 0 Å². The zero-order valence-corrected chi connectivity index (χ0v) is 19.2. The molecule has 170 valence electrons. The number of carbonyl (C=O) groups is 1. The Morgan fingerprint density at radius 2 is 1.79 bits per heavy atom. The molecule has 0 aliphatic carbocycles. The third kappa shape index (κ3) is 4.45. The molecule has 0 saturated carbocycles. The molecule has 7 nitrogen and oxygen atoms in total. The number of carbonyl (C=O) groups excluding carboxylic acids is 1. The second kappa shape index (κ2) is 9.52. The van der Waals surface area contributed by atoms with Gasteiger partial charge in [0.1, 0.15) is 5.52 Å². The molecule has 5 aromatic rings. The van der Waals surface area contributed by atoms with Crippen molar-refractivity contribution in [1.82, 2.24) is 14.5 Å². The fraction of sp³-hybridized carbons (Fsp3) is 0.154. The Morgan fingerprint density at radius 3 is 2.59 bits per heavy atom. The second-order valence-electron chi connectivity index (χ2n) is 7.67. The highest BCUT2D eigenvalue weighted by molar-refractivity contribution is 7.98. The Bertz CT molecular complexity index is 1510. The van der Waals surface area contributed by atoms with Crippen molar-refractivity contribution in [2.24, 2.45) is 0 Å². The second-order valence-corrected chi connectivity index (χ2v) is 8.62. The van der Waals surface area contributed by atoms with E-state index in [2.05, 4.69) is 4.98 Å². The molecule has 2 heterocycles. The summed E-state index contributed by atoms with van der Waals surface area (Å²) in [4.78, 5) is 34.7. The lowest BCUT2D eigenvalue weighted by atomic mass is 10.1. The van der Waals surface area contributed by atoms with E-state index in [1.807, 2.05) is 54.6 Å². The molecular weight excluding hydrogens is 450 g/mol. The maximum atomic E-state index is 13.4. The molecule has 0 aliphatic heterocycles. The van der Waals surface area contributed by atoms with E-state index in [1.54, 1.807) is 22.8 Å². The molecule has 0 N–H and O–H groups in total. The monoisotopic (exact) mass is 471 g/mol. The van der Waals surface area contributed by atoms with Crippen molar-refractivity contribution < 1.29 is 13.9 Å². The van der Waals surface area contributed by atoms with E-state index in [0.717, 1.165) is 11.1 Å². The van der Waals surface area contributed by atoms with Crippen LogP contribution in [0.25, 0.3) is 22.0 Å². The molecule has 8 heteroatoms. The van der Waals surface area contributed by atoms with Crippen molar-refractivity contribution in [3.05, 3.63) is 100 Å². The average molecular weight is 472 g/mol. The minimum absolute atomic E-state index is 0.155. The van der Waals surface area contributed by atoms with Gasteiger partial charge in [0.25, 0.3) is 5.56 Å². The Morgan fingerprint density at radius 1 is 1.00 bits per heavy atom. The summed E-state index contributed by atoms with van der Waals surface area (Å²) >= 11 is 1.38. The van der Waals surface area contributed by atoms with Crippen molar-refractivity contribution in [3.63, 3.8) is 0 Å². The number of para-hydroxylation sites is 2. The first kappa shape index (κ1) is 21.9. The molecular formula is C26H21N3O4S. The number of thioether (sulfide) groups is 1. The molecule has 0 spiro atoms. The van der Waals surface area contributed by atoms with Crippen LogP contribution in [0, 0.1) is 0 Å². The van der Waals surface area contributed by atoms with Crippen LogP contribution in [0.3, 0.4) is 0 Å². The molecule has 0 saturated heterocycles. The highest BCUT2D eigenvalue weighted by Gasteiger charge is 2.16. The van der Waals surface area contributed by atoms with E-state index in [-0.39, 0.29) is 5.56 Å². The summed E-state index contributed by atoms with van der Waals surface area (Å²) in [6.45, 7) is 0.473. The van der Waals surface area contributed by atoms with Crippen molar-refractivity contribution in [2.75, 3.05) is 7.11 Å². The van der Waals surface area contributed by atoms with Crippen LogP contribution >= 0.6 is 11.8 Å². The van der Waals surface area contributed by atoms with Crippen LogP contribution in [0.1, 0.15) is 21.8 Å². The summed E-state index contributed by atoms with van der Waals surface area (Å²) in [6, 6.07) is 22.4. The highest BCUT2D eigenvalue weighted by Crippen LogP contribution is 2.25. The van der Waals surface area contributed by atoms with Gasteiger partial charge >= 0.3 is 5.97 Å². The molecule has 0 amide bonds. The fourth-order valence-corrected chi connectivity index (χ4v) is 4.62. The molecule has 0 atom stereocenters. The van der Waals surface area contributed by atoms with Crippen LogP contribution in [0.2, 0.25) is 0 Å². The number of rotatable bonds is 7. The number of hydrogen-bond acceptors (Lipinski definition) is 7. The van der Waals surface area contributed by atoms with E-state index >= 15 is 0 Å². The Labute approximate surface area is 199 Å². The zero-order valence-electron chi connectivity index (χ0n) is 18.4.